The number of methoxy groups -OCH3 is 1. The Kier molecular flexibility index (Phi) is 9.43. The van der Waals surface area contributed by atoms with E-state index in [4.69, 9.17) is 19.0 Å². The minimum Gasteiger partial charge on any atom is -0.497 e. The number of imide groups is 1. The van der Waals surface area contributed by atoms with Crippen molar-refractivity contribution in [2.45, 2.75) is 96.5 Å². The number of nitrogens with one attached hydrogen (secondary N) is 1. The number of carbonyl (C=O) groups is 2. The number of nitrogens with zero attached hydrogens (tertiary/aromatic N) is 1. The largest absolute Gasteiger partial charge is 0.497 e. The maximum Gasteiger partial charge on any atom is 0.421 e. The molecule has 2 aliphatic rings. The number of carbonyl (C=O) groups excluding carboxylic acids is 2. The predicted octanol–water partition coefficient (Wildman–Crippen LogP) is 4.99. The molecule has 2 N–H and O–H groups in total. The summed E-state index contributed by atoms with van der Waals surface area (Å²) in [5.74, 6) is 0.334. The third-order valence-electron chi connectivity index (χ3n) is 7.24. The number of piperidine rings is 1. The smallest absolute Gasteiger partial charge is 0.421 e. The molecule has 36 heavy (non-hydrogen) atoms. The minimum atomic E-state index is -2.03. The molecule has 2 amide bonds. The van der Waals surface area contributed by atoms with Gasteiger partial charge in [0.25, 0.3) is 0 Å². The van der Waals surface area contributed by atoms with Gasteiger partial charge in [0.15, 0.2) is 8.32 Å². The predicted molar refractivity (Wildman–Crippen MR) is 145 cm³/mol. The van der Waals surface area contributed by atoms with Gasteiger partial charge in [0.05, 0.1) is 24.8 Å². The maximum atomic E-state index is 14.1. The molecule has 0 radical (unpaired) electrons. The van der Waals surface area contributed by atoms with Crippen molar-refractivity contribution in [1.82, 2.24) is 5.32 Å². The molecule has 2 unspecified atom stereocenters. The lowest BCUT2D eigenvalue weighted by Crippen LogP contribution is -2.61. The third kappa shape index (κ3) is 6.12. The molecule has 1 spiro atoms. The van der Waals surface area contributed by atoms with E-state index in [-0.39, 0.29) is 23.6 Å². The number of amides is 2. The first-order valence-corrected chi connectivity index (χ1v) is 15.7. The second-order valence-corrected chi connectivity index (χ2v) is 16.8. The summed E-state index contributed by atoms with van der Waals surface area (Å²) < 4.78 is 17.6. The molecule has 3 rings (SSSR count). The molecule has 9 heteroatoms. The SMILES string of the molecule is CCO.COc1ccc2c(c1)N(C(=O)OC(C)(C)C)C(=O)C21CCCNC1CO[Si](C)(C)C(C)(C)C. The van der Waals surface area contributed by atoms with Gasteiger partial charge >= 0.3 is 6.09 Å². The average Bonchev–Trinajstić information content (AvgIpc) is 2.99. The summed E-state index contributed by atoms with van der Waals surface area (Å²) in [4.78, 5) is 28.5. The maximum absolute atomic E-state index is 14.1. The fourth-order valence-electron chi connectivity index (χ4n) is 4.39. The average molecular weight is 523 g/mol. The van der Waals surface area contributed by atoms with Crippen LogP contribution in [0.1, 0.15) is 66.9 Å². The van der Waals surface area contributed by atoms with Gasteiger partial charge in [-0.1, -0.05) is 26.8 Å². The lowest BCUT2D eigenvalue weighted by molar-refractivity contribution is -0.125. The molecular weight excluding hydrogens is 476 g/mol. The Hall–Kier alpha value is -1.94. The van der Waals surface area contributed by atoms with E-state index in [9.17, 15) is 9.59 Å². The van der Waals surface area contributed by atoms with Crippen LogP contribution >= 0.6 is 0 Å². The van der Waals surface area contributed by atoms with Crippen LogP contribution in [0.2, 0.25) is 18.1 Å². The van der Waals surface area contributed by atoms with Crippen LogP contribution in [0.25, 0.3) is 0 Å². The number of benzene rings is 1. The molecule has 1 fully saturated rings. The lowest BCUT2D eigenvalue weighted by Gasteiger charge is -2.44. The van der Waals surface area contributed by atoms with Crippen LogP contribution in [0, 0.1) is 0 Å². The van der Waals surface area contributed by atoms with Crippen LogP contribution < -0.4 is 15.0 Å². The van der Waals surface area contributed by atoms with E-state index in [2.05, 4.69) is 39.2 Å². The number of anilines is 1. The van der Waals surface area contributed by atoms with Gasteiger partial charge in [0.1, 0.15) is 11.4 Å². The summed E-state index contributed by atoms with van der Waals surface area (Å²) in [6, 6.07) is 5.29. The van der Waals surface area contributed by atoms with Gasteiger partial charge in [-0.2, -0.15) is 0 Å². The molecule has 2 aliphatic heterocycles. The molecule has 2 atom stereocenters. The highest BCUT2D eigenvalue weighted by Gasteiger charge is 2.59. The summed E-state index contributed by atoms with van der Waals surface area (Å²) in [7, 11) is -0.458. The summed E-state index contributed by atoms with van der Waals surface area (Å²) >= 11 is 0. The van der Waals surface area contributed by atoms with E-state index < -0.39 is 25.4 Å². The zero-order chi connectivity index (χ0) is 27.5. The molecule has 204 valence electrons. The second kappa shape index (κ2) is 11.2. The summed E-state index contributed by atoms with van der Waals surface area (Å²) in [5.41, 5.74) is -0.245. The van der Waals surface area contributed by atoms with E-state index in [0.717, 1.165) is 18.5 Å². The summed E-state index contributed by atoms with van der Waals surface area (Å²) in [6.45, 7) is 19.6. The van der Waals surface area contributed by atoms with Gasteiger partial charge in [0.2, 0.25) is 5.91 Å². The van der Waals surface area contributed by atoms with Crippen molar-refractivity contribution in [1.29, 1.82) is 0 Å². The Bertz CT molecular complexity index is 937. The Morgan fingerprint density at radius 1 is 1.22 bits per heavy atom. The van der Waals surface area contributed by atoms with Gasteiger partial charge < -0.3 is 24.3 Å². The molecule has 2 heterocycles. The molecule has 0 aliphatic carbocycles. The molecule has 1 saturated heterocycles. The Labute approximate surface area is 217 Å². The van der Waals surface area contributed by atoms with E-state index in [1.165, 1.54) is 4.90 Å². The van der Waals surface area contributed by atoms with Gasteiger partial charge in [-0.15, -0.1) is 0 Å². The number of aliphatic hydroxyl groups excluding tert-OH is 1. The highest BCUT2D eigenvalue weighted by molar-refractivity contribution is 6.74. The zero-order valence-corrected chi connectivity index (χ0v) is 24.8. The number of fused-ring (bicyclic) bond motifs is 2. The van der Waals surface area contributed by atoms with Crippen LogP contribution in [0.3, 0.4) is 0 Å². The fourth-order valence-corrected chi connectivity index (χ4v) is 5.41. The van der Waals surface area contributed by atoms with Crippen LogP contribution in [-0.2, 0) is 19.4 Å². The highest BCUT2D eigenvalue weighted by Crippen LogP contribution is 2.50. The van der Waals surface area contributed by atoms with Crippen LogP contribution in [-0.4, -0.2) is 63.9 Å². The molecule has 0 aromatic heterocycles. The molecular formula is C27H46N2O6Si. The van der Waals surface area contributed by atoms with Crippen molar-refractivity contribution in [3.05, 3.63) is 23.8 Å². The fraction of sp³-hybridized carbons (Fsp3) is 0.704. The minimum absolute atomic E-state index is 0.0579. The molecule has 0 saturated carbocycles. The van der Waals surface area contributed by atoms with Crippen molar-refractivity contribution < 1.29 is 28.6 Å². The number of rotatable bonds is 4. The standard InChI is InChI=1S/C25H40N2O5Si.C2H6O/c1-23(2,3)32-22(29)27-19-15-17(30-7)11-12-18(19)25(21(27)28)13-10-14-26-20(25)16-31-33(8,9)24(4,5)6;1-2-3/h11-12,15,20,26H,10,13-14,16H2,1-9H3;3H,2H2,1H3. The number of hydrogen-bond donors (Lipinski definition) is 2. The molecule has 1 aromatic carbocycles. The van der Waals surface area contributed by atoms with E-state index in [1.54, 1.807) is 40.9 Å². The van der Waals surface area contributed by atoms with Crippen molar-refractivity contribution in [3.8, 4) is 5.75 Å². The Balaban J connectivity index is 0.00000145. The topological polar surface area (TPSA) is 97.3 Å². The van der Waals surface area contributed by atoms with Gasteiger partial charge in [-0.25, -0.2) is 9.69 Å². The normalized spacial score (nSPS) is 22.1. The number of hydrogen-bond acceptors (Lipinski definition) is 7. The quantitative estimate of drug-likeness (QED) is 0.538. The van der Waals surface area contributed by atoms with Crippen molar-refractivity contribution in [3.63, 3.8) is 0 Å². The Morgan fingerprint density at radius 3 is 2.36 bits per heavy atom. The molecule has 1 aromatic rings. The second-order valence-electron chi connectivity index (χ2n) is 12.0. The summed E-state index contributed by atoms with van der Waals surface area (Å²) in [6.07, 6.45) is 0.812. The van der Waals surface area contributed by atoms with Gasteiger partial charge in [-0.05, 0) is 76.8 Å². The number of ether oxygens (including phenoxy) is 2. The lowest BCUT2D eigenvalue weighted by atomic mass is 9.70. The van der Waals surface area contributed by atoms with Gasteiger partial charge in [0, 0.05) is 18.7 Å². The van der Waals surface area contributed by atoms with Crippen molar-refractivity contribution in [2.75, 3.05) is 31.8 Å². The first-order valence-electron chi connectivity index (χ1n) is 12.8. The molecule has 8 nitrogen and oxygen atoms in total. The van der Waals surface area contributed by atoms with Crippen LogP contribution in [0.5, 0.6) is 5.75 Å². The number of aliphatic hydroxyl groups is 1. The summed E-state index contributed by atoms with van der Waals surface area (Å²) in [5, 5.41) is 11.2. The van der Waals surface area contributed by atoms with Gasteiger partial charge in [-0.3, -0.25) is 4.79 Å². The van der Waals surface area contributed by atoms with Crippen molar-refractivity contribution in [2.24, 2.45) is 0 Å². The Morgan fingerprint density at radius 2 is 1.83 bits per heavy atom. The molecule has 0 bridgehead atoms. The first kappa shape index (κ1) is 30.3. The van der Waals surface area contributed by atoms with E-state index in [1.807, 2.05) is 12.1 Å². The van der Waals surface area contributed by atoms with Crippen LogP contribution in [0.4, 0.5) is 10.5 Å². The van der Waals surface area contributed by atoms with Crippen molar-refractivity contribution >= 4 is 26.0 Å². The highest BCUT2D eigenvalue weighted by atomic mass is 28.4. The zero-order valence-electron chi connectivity index (χ0n) is 23.8. The van der Waals surface area contributed by atoms with E-state index >= 15 is 0 Å². The third-order valence-corrected chi connectivity index (χ3v) is 11.7. The first-order chi connectivity index (χ1) is 16.6. The van der Waals surface area contributed by atoms with E-state index in [0.29, 0.717) is 24.5 Å². The van der Waals surface area contributed by atoms with Crippen LogP contribution in [0.15, 0.2) is 18.2 Å². The monoisotopic (exact) mass is 522 g/mol.